The summed E-state index contributed by atoms with van der Waals surface area (Å²) in [5.41, 5.74) is -0.780. The number of halogens is 1. The molecule has 0 fully saturated rings. The molecular formula is C19H36IN3O3Si. The number of nitrogens with zero attached hydrogens (tertiary/aromatic N) is 2. The fourth-order valence-electron chi connectivity index (χ4n) is 2.35. The third-order valence-electron chi connectivity index (χ3n) is 3.84. The van der Waals surface area contributed by atoms with Gasteiger partial charge in [-0.2, -0.15) is 0 Å². The molecule has 1 aromatic rings. The van der Waals surface area contributed by atoms with Crippen molar-refractivity contribution in [1.29, 1.82) is 0 Å². The van der Waals surface area contributed by atoms with Gasteiger partial charge in [0, 0.05) is 14.7 Å². The van der Waals surface area contributed by atoms with Crippen molar-refractivity contribution in [1.82, 2.24) is 14.9 Å². The number of ether oxygens (including phenoxy) is 2. The molecule has 0 spiro atoms. The second-order valence-corrected chi connectivity index (χ2v) is 16.9. The van der Waals surface area contributed by atoms with Gasteiger partial charge in [0.25, 0.3) is 0 Å². The number of hydrogen-bond donors (Lipinski definition) is 1. The van der Waals surface area contributed by atoms with Crippen molar-refractivity contribution in [2.24, 2.45) is 5.41 Å². The summed E-state index contributed by atoms with van der Waals surface area (Å²) in [7, 11) is -1.13. The number of hydrogen-bond acceptors (Lipinski definition) is 4. The van der Waals surface area contributed by atoms with E-state index in [0.29, 0.717) is 6.73 Å². The lowest BCUT2D eigenvalue weighted by molar-refractivity contribution is 0.0439. The van der Waals surface area contributed by atoms with Gasteiger partial charge in [-0.3, -0.25) is 4.57 Å². The second kappa shape index (κ2) is 9.26. The Bertz CT molecular complexity index is 628. The summed E-state index contributed by atoms with van der Waals surface area (Å²) in [4.78, 5) is 17.0. The van der Waals surface area contributed by atoms with Crippen LogP contribution < -0.4 is 5.32 Å². The van der Waals surface area contributed by atoms with Gasteiger partial charge >= 0.3 is 6.09 Å². The molecule has 0 saturated heterocycles. The standard InChI is InChI=1S/C19H36IN3O3Si/c1-18(2,3)15(22-17(24)26-19(4,5)6)16-21-12-14(20)23(16)13-25-10-11-27(7,8)9/h12,15H,10-11,13H2,1-9H3,(H,22,24). The first-order valence-corrected chi connectivity index (χ1v) is 14.2. The van der Waals surface area contributed by atoms with Crippen LogP contribution >= 0.6 is 22.6 Å². The van der Waals surface area contributed by atoms with Crippen molar-refractivity contribution < 1.29 is 14.3 Å². The Hall–Kier alpha value is -0.613. The van der Waals surface area contributed by atoms with E-state index in [1.54, 1.807) is 0 Å². The van der Waals surface area contributed by atoms with Crippen molar-refractivity contribution >= 4 is 36.8 Å². The molecule has 0 aliphatic carbocycles. The molecule has 1 unspecified atom stereocenters. The Labute approximate surface area is 178 Å². The fraction of sp³-hybridized carbons (Fsp3) is 0.789. The molecule has 156 valence electrons. The molecule has 0 bridgehead atoms. The Kier molecular flexibility index (Phi) is 8.37. The van der Waals surface area contributed by atoms with Gasteiger partial charge in [0.1, 0.15) is 21.9 Å². The number of carbonyl (C=O) groups is 1. The first-order chi connectivity index (χ1) is 12.1. The highest BCUT2D eigenvalue weighted by molar-refractivity contribution is 14.1. The minimum absolute atomic E-state index is 0.235. The van der Waals surface area contributed by atoms with Crippen molar-refractivity contribution in [3.05, 3.63) is 15.7 Å². The lowest BCUT2D eigenvalue weighted by atomic mass is 9.86. The summed E-state index contributed by atoms with van der Waals surface area (Å²) >= 11 is 2.25. The summed E-state index contributed by atoms with van der Waals surface area (Å²) in [5, 5.41) is 3.00. The van der Waals surface area contributed by atoms with Gasteiger partial charge in [-0.05, 0) is 54.8 Å². The highest BCUT2D eigenvalue weighted by Crippen LogP contribution is 2.33. The fourth-order valence-corrected chi connectivity index (χ4v) is 3.64. The number of nitrogens with one attached hydrogen (secondary N) is 1. The molecule has 8 heteroatoms. The molecular weight excluding hydrogens is 473 g/mol. The van der Waals surface area contributed by atoms with Crippen molar-refractivity contribution in [2.45, 2.75) is 85.6 Å². The zero-order valence-corrected chi connectivity index (χ0v) is 21.4. The maximum absolute atomic E-state index is 12.4. The van der Waals surface area contributed by atoms with Crippen molar-refractivity contribution in [3.63, 3.8) is 0 Å². The molecule has 27 heavy (non-hydrogen) atoms. The molecule has 0 aliphatic rings. The van der Waals surface area contributed by atoms with E-state index < -0.39 is 19.8 Å². The van der Waals surface area contributed by atoms with Gasteiger partial charge in [0.15, 0.2) is 0 Å². The molecule has 0 aliphatic heterocycles. The normalized spacial score (nSPS) is 14.1. The number of aromatic nitrogens is 2. The minimum atomic E-state index is -1.13. The Balaban J connectivity index is 2.95. The van der Waals surface area contributed by atoms with E-state index in [0.717, 1.165) is 22.2 Å². The molecule has 1 amide bonds. The van der Waals surface area contributed by atoms with E-state index in [9.17, 15) is 4.79 Å². The summed E-state index contributed by atoms with van der Waals surface area (Å²) in [6.45, 7) is 20.0. The van der Waals surface area contributed by atoms with Crippen LogP contribution in [0.5, 0.6) is 0 Å². The van der Waals surface area contributed by atoms with Crippen LogP contribution in [0.1, 0.15) is 53.4 Å². The number of carbonyl (C=O) groups excluding carboxylic acids is 1. The first-order valence-electron chi connectivity index (χ1n) is 9.38. The molecule has 1 N–H and O–H groups in total. The quantitative estimate of drug-likeness (QED) is 0.303. The highest BCUT2D eigenvalue weighted by Gasteiger charge is 2.33. The van der Waals surface area contributed by atoms with E-state index in [-0.39, 0.29) is 11.5 Å². The van der Waals surface area contributed by atoms with Gasteiger partial charge in [-0.15, -0.1) is 0 Å². The average molecular weight is 510 g/mol. The Morgan fingerprint density at radius 3 is 2.33 bits per heavy atom. The highest BCUT2D eigenvalue weighted by atomic mass is 127. The van der Waals surface area contributed by atoms with Crippen LogP contribution in [0.4, 0.5) is 4.79 Å². The summed E-state index contributed by atoms with van der Waals surface area (Å²) in [6.07, 6.45) is 1.37. The number of alkyl carbamates (subject to hydrolysis) is 1. The van der Waals surface area contributed by atoms with Crippen LogP contribution in [0.2, 0.25) is 25.7 Å². The molecule has 0 aromatic carbocycles. The zero-order chi connectivity index (χ0) is 21.0. The smallest absolute Gasteiger partial charge is 0.408 e. The predicted molar refractivity (Wildman–Crippen MR) is 121 cm³/mol. The molecule has 1 atom stereocenters. The maximum Gasteiger partial charge on any atom is 0.408 e. The summed E-state index contributed by atoms with van der Waals surface area (Å²) < 4.78 is 14.4. The molecule has 0 saturated carbocycles. The number of rotatable bonds is 7. The largest absolute Gasteiger partial charge is 0.444 e. The lowest BCUT2D eigenvalue weighted by Gasteiger charge is -2.32. The van der Waals surface area contributed by atoms with E-state index in [1.165, 1.54) is 0 Å². The van der Waals surface area contributed by atoms with Crippen molar-refractivity contribution in [2.75, 3.05) is 6.61 Å². The molecule has 1 rings (SSSR count). The third-order valence-corrected chi connectivity index (χ3v) is 6.40. The minimum Gasteiger partial charge on any atom is -0.444 e. The van der Waals surface area contributed by atoms with E-state index in [2.05, 4.69) is 73.3 Å². The number of amides is 1. The average Bonchev–Trinajstić information content (AvgIpc) is 2.78. The van der Waals surface area contributed by atoms with Crippen LogP contribution in [0.25, 0.3) is 0 Å². The molecule has 1 aromatic heterocycles. The van der Waals surface area contributed by atoms with Crippen LogP contribution in [0.15, 0.2) is 6.20 Å². The topological polar surface area (TPSA) is 65.4 Å². The SMILES string of the molecule is CC(C)(C)OC(=O)NC(c1ncc(I)n1COCC[Si](C)(C)C)C(C)(C)C. The zero-order valence-electron chi connectivity index (χ0n) is 18.3. The van der Waals surface area contributed by atoms with Gasteiger partial charge in [0.2, 0.25) is 0 Å². The summed E-state index contributed by atoms with van der Waals surface area (Å²) in [5.74, 6) is 0.783. The van der Waals surface area contributed by atoms with Crippen LogP contribution in [-0.4, -0.2) is 35.9 Å². The Morgan fingerprint density at radius 2 is 1.85 bits per heavy atom. The van der Waals surface area contributed by atoms with Crippen LogP contribution in [0.3, 0.4) is 0 Å². The predicted octanol–water partition coefficient (Wildman–Crippen LogP) is 5.41. The molecule has 6 nitrogen and oxygen atoms in total. The van der Waals surface area contributed by atoms with Gasteiger partial charge in [-0.25, -0.2) is 9.78 Å². The monoisotopic (exact) mass is 509 g/mol. The third kappa shape index (κ3) is 8.95. The van der Waals surface area contributed by atoms with Crippen molar-refractivity contribution in [3.8, 4) is 0 Å². The summed E-state index contributed by atoms with van der Waals surface area (Å²) in [6, 6.07) is 0.823. The number of imidazole rings is 1. The van der Waals surface area contributed by atoms with Gasteiger partial charge in [0.05, 0.1) is 12.2 Å². The first kappa shape index (κ1) is 24.4. The van der Waals surface area contributed by atoms with E-state index in [1.807, 2.05) is 31.5 Å². The van der Waals surface area contributed by atoms with Gasteiger partial charge in [-0.1, -0.05) is 40.4 Å². The lowest BCUT2D eigenvalue weighted by Crippen LogP contribution is -2.41. The van der Waals surface area contributed by atoms with E-state index in [4.69, 9.17) is 9.47 Å². The van der Waals surface area contributed by atoms with Gasteiger partial charge < -0.3 is 14.8 Å². The van der Waals surface area contributed by atoms with Crippen LogP contribution in [-0.2, 0) is 16.2 Å². The molecule has 0 radical (unpaired) electrons. The molecule has 1 heterocycles. The maximum atomic E-state index is 12.4. The van der Waals surface area contributed by atoms with E-state index >= 15 is 0 Å². The second-order valence-electron chi connectivity index (χ2n) is 10.2. The Morgan fingerprint density at radius 1 is 1.26 bits per heavy atom. The van der Waals surface area contributed by atoms with Crippen LogP contribution in [0, 0.1) is 9.12 Å².